The number of carbonyl (C=O) groups excluding carboxylic acids is 1. The zero-order valence-corrected chi connectivity index (χ0v) is 19.9. The molecule has 2 heterocycles. The van der Waals surface area contributed by atoms with E-state index in [2.05, 4.69) is 39.7 Å². The van der Waals surface area contributed by atoms with Gasteiger partial charge in [0.05, 0.1) is 31.2 Å². The van der Waals surface area contributed by atoms with Gasteiger partial charge in [0.2, 0.25) is 0 Å². The number of ether oxygens (including phenoxy) is 2. The summed E-state index contributed by atoms with van der Waals surface area (Å²) in [6.07, 6.45) is 4.32. The van der Waals surface area contributed by atoms with Gasteiger partial charge in [-0.15, -0.1) is 0 Å². The number of hydrogen-bond acceptors (Lipinski definition) is 6. The van der Waals surface area contributed by atoms with Gasteiger partial charge in [-0.25, -0.2) is 5.43 Å². The number of carbonyl (C=O) groups is 1. The largest absolute Gasteiger partial charge is 0.493 e. The summed E-state index contributed by atoms with van der Waals surface area (Å²) in [5.74, 6) is 2.40. The van der Waals surface area contributed by atoms with E-state index in [4.69, 9.17) is 14.5 Å². The van der Waals surface area contributed by atoms with Crippen LogP contribution in [0.15, 0.2) is 46.5 Å². The van der Waals surface area contributed by atoms with Crippen molar-refractivity contribution in [1.29, 1.82) is 0 Å². The van der Waals surface area contributed by atoms with Gasteiger partial charge in [-0.3, -0.25) is 9.79 Å². The van der Waals surface area contributed by atoms with Gasteiger partial charge in [0.25, 0.3) is 5.24 Å². The third kappa shape index (κ3) is 4.44. The van der Waals surface area contributed by atoms with Gasteiger partial charge in [0.1, 0.15) is 5.84 Å². The third-order valence-corrected chi connectivity index (χ3v) is 7.06. The molecule has 1 aliphatic carbocycles. The fourth-order valence-corrected chi connectivity index (χ4v) is 5.09. The van der Waals surface area contributed by atoms with Crippen LogP contribution < -0.4 is 19.8 Å². The number of benzene rings is 2. The number of aliphatic imine (C=N–C) groups is 1. The zero-order valence-electron chi connectivity index (χ0n) is 19.1. The Morgan fingerprint density at radius 3 is 2.70 bits per heavy atom. The Morgan fingerprint density at radius 2 is 1.97 bits per heavy atom. The molecule has 0 aromatic heterocycles. The van der Waals surface area contributed by atoms with Crippen LogP contribution in [0.3, 0.4) is 0 Å². The molecule has 1 atom stereocenters. The van der Waals surface area contributed by atoms with E-state index in [1.807, 2.05) is 19.1 Å². The van der Waals surface area contributed by atoms with E-state index in [0.29, 0.717) is 17.5 Å². The van der Waals surface area contributed by atoms with Crippen LogP contribution in [-0.2, 0) is 6.42 Å². The molecule has 5 rings (SSSR count). The minimum Gasteiger partial charge on any atom is -0.493 e. The number of rotatable bonds is 5. The van der Waals surface area contributed by atoms with E-state index in [1.54, 1.807) is 14.2 Å². The Morgan fingerprint density at radius 1 is 1.15 bits per heavy atom. The Labute approximate surface area is 198 Å². The van der Waals surface area contributed by atoms with Crippen LogP contribution in [0.5, 0.6) is 11.5 Å². The molecule has 2 aromatic rings. The second kappa shape index (κ2) is 9.09. The monoisotopic (exact) mass is 464 g/mol. The number of anilines is 1. The number of fused-ring (bicyclic) bond motifs is 1. The molecule has 1 unspecified atom stereocenters. The Bertz CT molecular complexity index is 1140. The van der Waals surface area contributed by atoms with Gasteiger partial charge in [-0.2, -0.15) is 5.10 Å². The molecule has 0 saturated heterocycles. The maximum Gasteiger partial charge on any atom is 0.299 e. The maximum absolute atomic E-state index is 11.6. The number of methoxy groups -OCH3 is 2. The summed E-state index contributed by atoms with van der Waals surface area (Å²) in [6, 6.07) is 12.9. The SMILES string of the molecule is COc1ccc(C(=NC2CC2)N2CCCc3cc(C4=NNC(=O)SC4C)ccc32)cc1OC. The first-order valence-corrected chi connectivity index (χ1v) is 12.2. The number of hydrazone groups is 1. The van der Waals surface area contributed by atoms with Gasteiger partial charge in [-0.1, -0.05) is 17.8 Å². The number of aryl methyl sites for hydroxylation is 1. The second-order valence-corrected chi connectivity index (χ2v) is 9.82. The molecule has 7 nitrogen and oxygen atoms in total. The van der Waals surface area contributed by atoms with Crippen molar-refractivity contribution in [2.45, 2.75) is 43.9 Å². The molecule has 8 heteroatoms. The molecule has 1 N–H and O–H groups in total. The smallest absolute Gasteiger partial charge is 0.299 e. The van der Waals surface area contributed by atoms with E-state index in [1.165, 1.54) is 23.0 Å². The van der Waals surface area contributed by atoms with Gasteiger partial charge >= 0.3 is 0 Å². The minimum atomic E-state index is -0.105. The van der Waals surface area contributed by atoms with Crippen molar-refractivity contribution in [3.8, 4) is 11.5 Å². The summed E-state index contributed by atoms with van der Waals surface area (Å²) in [6.45, 7) is 2.93. The lowest BCUT2D eigenvalue weighted by atomic mass is 9.96. The third-order valence-electron chi connectivity index (χ3n) is 6.18. The van der Waals surface area contributed by atoms with E-state index in [-0.39, 0.29) is 10.5 Å². The van der Waals surface area contributed by atoms with Crippen LogP contribution in [0.25, 0.3) is 0 Å². The molecule has 172 valence electrons. The van der Waals surface area contributed by atoms with Crippen LogP contribution in [0.2, 0.25) is 0 Å². The number of nitrogens with zero attached hydrogens (tertiary/aromatic N) is 3. The average Bonchev–Trinajstić information content (AvgIpc) is 3.66. The van der Waals surface area contributed by atoms with Crippen LogP contribution >= 0.6 is 11.8 Å². The number of thioether (sulfide) groups is 1. The van der Waals surface area contributed by atoms with E-state index < -0.39 is 0 Å². The molecule has 33 heavy (non-hydrogen) atoms. The summed E-state index contributed by atoms with van der Waals surface area (Å²) in [4.78, 5) is 19.1. The average molecular weight is 465 g/mol. The molecule has 2 aromatic carbocycles. The summed E-state index contributed by atoms with van der Waals surface area (Å²) >= 11 is 1.27. The van der Waals surface area contributed by atoms with E-state index in [0.717, 1.165) is 54.9 Å². The van der Waals surface area contributed by atoms with Gasteiger partial charge < -0.3 is 14.4 Å². The quantitative estimate of drug-likeness (QED) is 0.516. The highest BCUT2D eigenvalue weighted by molar-refractivity contribution is 8.14. The molecule has 2 aliphatic heterocycles. The number of amidine groups is 1. The molecule has 3 aliphatic rings. The highest BCUT2D eigenvalue weighted by Crippen LogP contribution is 2.35. The van der Waals surface area contributed by atoms with E-state index >= 15 is 0 Å². The Hall–Kier alpha value is -3.00. The number of amides is 1. The van der Waals surface area contributed by atoms with Crippen molar-refractivity contribution in [1.82, 2.24) is 5.43 Å². The lowest BCUT2D eigenvalue weighted by molar-refractivity contribution is 0.261. The van der Waals surface area contributed by atoms with Crippen molar-refractivity contribution >= 4 is 34.2 Å². The fourth-order valence-electron chi connectivity index (χ4n) is 4.37. The van der Waals surface area contributed by atoms with Crippen molar-refractivity contribution in [2.24, 2.45) is 10.1 Å². The normalized spacial score (nSPS) is 20.6. The van der Waals surface area contributed by atoms with Crippen LogP contribution in [0.4, 0.5) is 10.5 Å². The second-order valence-electron chi connectivity index (χ2n) is 8.51. The van der Waals surface area contributed by atoms with Crippen molar-refractivity contribution in [2.75, 3.05) is 25.7 Å². The fraction of sp³-hybridized carbons (Fsp3) is 0.400. The lowest BCUT2D eigenvalue weighted by Crippen LogP contribution is -2.37. The van der Waals surface area contributed by atoms with Crippen molar-refractivity contribution in [3.63, 3.8) is 0 Å². The standard InChI is InChI=1S/C25H28N4O3S/c1-15-23(27-28-25(30)33-15)17-6-10-20-16(13-17)5-4-12-29(20)24(26-19-8-9-19)18-7-11-21(31-2)22(14-18)32-3/h6-7,10-11,13-15,19H,4-5,8-9,12H2,1-3H3,(H,28,30). The predicted molar refractivity (Wildman–Crippen MR) is 133 cm³/mol. The maximum atomic E-state index is 11.6. The molecular weight excluding hydrogens is 436 g/mol. The summed E-state index contributed by atoms with van der Waals surface area (Å²) in [5, 5.41) is 4.25. The Balaban J connectivity index is 1.52. The van der Waals surface area contributed by atoms with Crippen molar-refractivity contribution < 1.29 is 14.3 Å². The summed E-state index contributed by atoms with van der Waals surface area (Å²) < 4.78 is 11.0. The number of hydrogen-bond donors (Lipinski definition) is 1. The molecule has 1 amide bonds. The number of nitrogens with one attached hydrogen (secondary N) is 1. The van der Waals surface area contributed by atoms with Crippen LogP contribution in [0, 0.1) is 0 Å². The highest BCUT2D eigenvalue weighted by Gasteiger charge is 2.29. The topological polar surface area (TPSA) is 75.5 Å². The van der Waals surface area contributed by atoms with Crippen LogP contribution in [0.1, 0.15) is 42.9 Å². The molecular formula is C25H28N4O3S. The lowest BCUT2D eigenvalue weighted by Gasteiger charge is -2.33. The molecule has 1 fully saturated rings. The summed E-state index contributed by atoms with van der Waals surface area (Å²) in [7, 11) is 3.31. The molecule has 1 saturated carbocycles. The molecule has 0 bridgehead atoms. The van der Waals surface area contributed by atoms with Crippen molar-refractivity contribution in [3.05, 3.63) is 53.1 Å². The minimum absolute atomic E-state index is 0.0234. The highest BCUT2D eigenvalue weighted by atomic mass is 32.2. The van der Waals surface area contributed by atoms with Crippen LogP contribution in [-0.4, -0.2) is 48.8 Å². The van der Waals surface area contributed by atoms with Gasteiger partial charge in [-0.05, 0) is 74.1 Å². The van der Waals surface area contributed by atoms with Gasteiger partial charge in [0.15, 0.2) is 11.5 Å². The van der Waals surface area contributed by atoms with E-state index in [9.17, 15) is 4.79 Å². The van der Waals surface area contributed by atoms with Gasteiger partial charge in [0, 0.05) is 17.8 Å². The Kier molecular flexibility index (Phi) is 6.01. The first kappa shape index (κ1) is 21.8. The predicted octanol–water partition coefficient (Wildman–Crippen LogP) is 4.61. The molecule has 0 radical (unpaired) electrons. The summed E-state index contributed by atoms with van der Waals surface area (Å²) in [5.41, 5.74) is 8.05. The first-order valence-electron chi connectivity index (χ1n) is 11.3. The molecule has 0 spiro atoms. The first-order chi connectivity index (χ1) is 16.1. The zero-order chi connectivity index (χ0) is 22.9.